The van der Waals surface area contributed by atoms with Gasteiger partial charge in [0.25, 0.3) is 5.69 Å². The number of carbonyl (C=O) groups is 2. The van der Waals surface area contributed by atoms with E-state index in [1.54, 1.807) is 18.2 Å². The van der Waals surface area contributed by atoms with Gasteiger partial charge in [0.15, 0.2) is 0 Å². The van der Waals surface area contributed by atoms with Crippen LogP contribution in [0.3, 0.4) is 0 Å². The van der Waals surface area contributed by atoms with Crippen LogP contribution in [-0.4, -0.2) is 34.7 Å². The van der Waals surface area contributed by atoms with E-state index in [2.05, 4.69) is 5.32 Å². The number of amides is 1. The average Bonchev–Trinajstić information content (AvgIpc) is 3.14. The Morgan fingerprint density at radius 3 is 2.11 bits per heavy atom. The highest BCUT2D eigenvalue weighted by Crippen LogP contribution is 2.75. The number of para-hydroxylation sites is 1. The Labute approximate surface area is 207 Å². The first-order valence-corrected chi connectivity index (χ1v) is 11.9. The van der Waals surface area contributed by atoms with E-state index in [0.29, 0.717) is 24.8 Å². The lowest BCUT2D eigenvalue weighted by Crippen LogP contribution is -2.73. The largest absolute Gasteiger partial charge is 0.480 e. The second kappa shape index (κ2) is 7.91. The average molecular weight is 485 g/mol. The van der Waals surface area contributed by atoms with Gasteiger partial charge in [-0.15, -0.1) is 0 Å². The summed E-state index contributed by atoms with van der Waals surface area (Å²) in [6.07, 6.45) is 0.663. The van der Waals surface area contributed by atoms with Gasteiger partial charge in [-0.1, -0.05) is 66.7 Å². The third kappa shape index (κ3) is 3.21. The molecule has 2 bridgehead atoms. The third-order valence-electron chi connectivity index (χ3n) is 8.21. The molecular formula is C28H24N2O6. The predicted octanol–water partition coefficient (Wildman–Crippen LogP) is 5.01. The zero-order valence-corrected chi connectivity index (χ0v) is 19.3. The monoisotopic (exact) mass is 484 g/mol. The number of hydrogen-bond acceptors (Lipinski definition) is 5. The normalized spacial score (nSPS) is 23.9. The number of nitrogens with zero attached hydrogens (tertiary/aromatic N) is 1. The molecule has 3 aromatic rings. The van der Waals surface area contributed by atoms with Crippen molar-refractivity contribution in [3.8, 4) is 11.1 Å². The first-order chi connectivity index (χ1) is 17.3. The highest BCUT2D eigenvalue weighted by atomic mass is 16.6. The molecule has 36 heavy (non-hydrogen) atoms. The number of carbonyl (C=O) groups excluding carboxylic acids is 1. The molecule has 8 heteroatoms. The van der Waals surface area contributed by atoms with Crippen LogP contribution < -0.4 is 5.32 Å². The van der Waals surface area contributed by atoms with Crippen LogP contribution in [0.5, 0.6) is 0 Å². The lowest BCUT2D eigenvalue weighted by atomic mass is 9.31. The van der Waals surface area contributed by atoms with Gasteiger partial charge < -0.3 is 15.2 Å². The molecule has 0 aliphatic heterocycles. The molecule has 0 spiro atoms. The van der Waals surface area contributed by atoms with Gasteiger partial charge in [-0.05, 0) is 41.5 Å². The summed E-state index contributed by atoms with van der Waals surface area (Å²) in [5.41, 5.74) is 4.05. The fourth-order valence-electron chi connectivity index (χ4n) is 6.77. The number of fused-ring (bicyclic) bond motifs is 3. The number of hydrogen-bond donors (Lipinski definition) is 2. The van der Waals surface area contributed by atoms with Crippen LogP contribution in [0.15, 0.2) is 72.8 Å². The van der Waals surface area contributed by atoms with Crippen molar-refractivity contribution in [2.24, 2.45) is 5.41 Å². The number of carboxylic acid groups (broad SMARTS) is 1. The van der Waals surface area contributed by atoms with Crippen LogP contribution in [0.25, 0.3) is 11.1 Å². The van der Waals surface area contributed by atoms with Crippen molar-refractivity contribution < 1.29 is 24.4 Å². The molecule has 3 fully saturated rings. The fourth-order valence-corrected chi connectivity index (χ4v) is 6.77. The Morgan fingerprint density at radius 1 is 0.972 bits per heavy atom. The maximum absolute atomic E-state index is 12.7. The number of nitro benzene ring substituents is 1. The van der Waals surface area contributed by atoms with Crippen molar-refractivity contribution in [1.82, 2.24) is 5.32 Å². The Kier molecular flexibility index (Phi) is 4.90. The molecule has 1 unspecified atom stereocenters. The van der Waals surface area contributed by atoms with E-state index in [1.807, 2.05) is 48.5 Å². The van der Waals surface area contributed by atoms with Crippen molar-refractivity contribution in [2.75, 3.05) is 6.61 Å². The quantitative estimate of drug-likeness (QED) is 0.360. The molecule has 0 heterocycles. The lowest BCUT2D eigenvalue weighted by Gasteiger charge is -2.72. The highest BCUT2D eigenvalue weighted by molar-refractivity contribution is 5.82. The van der Waals surface area contributed by atoms with Gasteiger partial charge in [-0.25, -0.2) is 9.59 Å². The third-order valence-corrected chi connectivity index (χ3v) is 8.21. The van der Waals surface area contributed by atoms with Crippen LogP contribution in [0.4, 0.5) is 10.5 Å². The van der Waals surface area contributed by atoms with Gasteiger partial charge >= 0.3 is 12.1 Å². The molecule has 8 nitrogen and oxygen atoms in total. The van der Waals surface area contributed by atoms with Gasteiger partial charge in [-0.3, -0.25) is 10.1 Å². The first kappa shape index (κ1) is 22.3. The number of benzene rings is 3. The van der Waals surface area contributed by atoms with Gasteiger partial charge in [0.05, 0.1) is 4.92 Å². The molecule has 2 N–H and O–H groups in total. The highest BCUT2D eigenvalue weighted by Gasteiger charge is 2.73. The maximum Gasteiger partial charge on any atom is 0.407 e. The predicted molar refractivity (Wildman–Crippen MR) is 131 cm³/mol. The molecular weight excluding hydrogens is 460 g/mol. The summed E-state index contributed by atoms with van der Waals surface area (Å²) in [4.78, 5) is 35.9. The molecule has 182 valence electrons. The summed E-state index contributed by atoms with van der Waals surface area (Å²) < 4.78 is 5.56. The first-order valence-electron chi connectivity index (χ1n) is 11.9. The van der Waals surface area contributed by atoms with Crippen LogP contribution >= 0.6 is 0 Å². The summed E-state index contributed by atoms with van der Waals surface area (Å²) in [5.74, 6) is -1.25. The number of alkyl carbamates (subject to hydrolysis) is 1. The number of carboxylic acids is 1. The Bertz CT molecular complexity index is 1350. The van der Waals surface area contributed by atoms with E-state index in [-0.39, 0.29) is 18.2 Å². The van der Waals surface area contributed by atoms with Gasteiger partial charge in [0, 0.05) is 28.4 Å². The Balaban J connectivity index is 1.14. The second-order valence-corrected chi connectivity index (χ2v) is 10.2. The van der Waals surface area contributed by atoms with Crippen LogP contribution in [0.1, 0.15) is 41.9 Å². The van der Waals surface area contributed by atoms with E-state index in [1.165, 1.54) is 6.07 Å². The summed E-state index contributed by atoms with van der Waals surface area (Å²) in [6, 6.07) is 21.5. The molecule has 1 atom stereocenters. The van der Waals surface area contributed by atoms with Crippen molar-refractivity contribution in [3.05, 3.63) is 99.6 Å². The molecule has 0 radical (unpaired) electrons. The number of nitrogens with one attached hydrogen (secondary N) is 1. The minimum atomic E-state index is -1.13. The summed E-state index contributed by atoms with van der Waals surface area (Å²) in [5, 5.41) is 24.0. The molecule has 3 aromatic carbocycles. The zero-order valence-electron chi connectivity index (χ0n) is 19.3. The van der Waals surface area contributed by atoms with Crippen molar-refractivity contribution in [1.29, 1.82) is 0 Å². The molecule has 7 rings (SSSR count). The SMILES string of the molecule is O=C(NC(C(=O)O)C12CC(c3ccccc3[N+](=O)[O-])(C1)C2)OCC1c2ccccc2-c2ccccc21. The van der Waals surface area contributed by atoms with Crippen molar-refractivity contribution >= 4 is 17.7 Å². The smallest absolute Gasteiger partial charge is 0.407 e. The van der Waals surface area contributed by atoms with E-state index >= 15 is 0 Å². The van der Waals surface area contributed by atoms with Crippen molar-refractivity contribution in [2.45, 2.75) is 36.6 Å². The Hall–Kier alpha value is -4.20. The van der Waals surface area contributed by atoms with E-state index in [0.717, 1.165) is 22.3 Å². The van der Waals surface area contributed by atoms with E-state index in [9.17, 15) is 24.8 Å². The zero-order chi connectivity index (χ0) is 25.1. The molecule has 1 amide bonds. The van der Waals surface area contributed by atoms with Crippen LogP contribution in [-0.2, 0) is 14.9 Å². The van der Waals surface area contributed by atoms with Gasteiger partial charge in [-0.2, -0.15) is 0 Å². The van der Waals surface area contributed by atoms with Crippen molar-refractivity contribution in [3.63, 3.8) is 0 Å². The van der Waals surface area contributed by atoms with Crippen LogP contribution in [0, 0.1) is 15.5 Å². The molecule has 3 saturated carbocycles. The topological polar surface area (TPSA) is 119 Å². The minimum absolute atomic E-state index is 0.0576. The van der Waals surface area contributed by atoms with E-state index < -0.39 is 33.9 Å². The lowest BCUT2D eigenvalue weighted by molar-refractivity contribution is -0.387. The molecule has 0 saturated heterocycles. The summed E-state index contributed by atoms with van der Waals surface area (Å²) in [7, 11) is 0. The summed E-state index contributed by atoms with van der Waals surface area (Å²) in [6.45, 7) is 0.0966. The number of nitro groups is 1. The fraction of sp³-hybridized carbons (Fsp3) is 0.286. The maximum atomic E-state index is 12.7. The minimum Gasteiger partial charge on any atom is -0.480 e. The molecule has 0 aromatic heterocycles. The number of aliphatic carboxylic acids is 1. The molecule has 4 aliphatic rings. The number of ether oxygens (including phenoxy) is 1. The van der Waals surface area contributed by atoms with Gasteiger partial charge in [0.2, 0.25) is 0 Å². The summed E-state index contributed by atoms with van der Waals surface area (Å²) >= 11 is 0. The standard InChI is InChI=1S/C28H24N2O6/c31-25(32)24(28-14-27(15-28,16-28)22-11-5-6-12-23(22)30(34)35)29-26(33)36-13-21-19-9-3-1-7-17(19)18-8-2-4-10-20(18)21/h1-12,21,24H,13-16H2,(H,29,33)(H,31,32). The van der Waals surface area contributed by atoms with Crippen LogP contribution in [0.2, 0.25) is 0 Å². The van der Waals surface area contributed by atoms with E-state index in [4.69, 9.17) is 4.74 Å². The Morgan fingerprint density at radius 2 is 1.53 bits per heavy atom. The number of rotatable bonds is 7. The molecule has 4 aliphatic carbocycles. The van der Waals surface area contributed by atoms with Gasteiger partial charge in [0.1, 0.15) is 12.6 Å². The second-order valence-electron chi connectivity index (χ2n) is 10.2.